The van der Waals surface area contributed by atoms with Crippen molar-refractivity contribution in [2.24, 2.45) is 17.8 Å². The summed E-state index contributed by atoms with van der Waals surface area (Å²) in [6.07, 6.45) is 2.61. The molecule has 0 aromatic heterocycles. The van der Waals surface area contributed by atoms with E-state index in [1.54, 1.807) is 54.6 Å². The van der Waals surface area contributed by atoms with Crippen LogP contribution in [0.1, 0.15) is 56.0 Å². The molecule has 2 aromatic rings. The highest BCUT2D eigenvalue weighted by Crippen LogP contribution is 2.36. The number of hydrogen-bond acceptors (Lipinski definition) is 4. The average molecular weight is 407 g/mol. The summed E-state index contributed by atoms with van der Waals surface area (Å²) in [5, 5.41) is 10.9. The zero-order chi connectivity index (χ0) is 21.7. The normalized spacial score (nSPS) is 22.3. The zero-order valence-corrected chi connectivity index (χ0v) is 17.9. The standard InChI is InChI=1S/C26H30O4/c1-17(2)21-15-14-18(3)16-22(21)30-26(29)23(24(27)19-10-6-4-7-11-19)25(28)20-12-8-5-9-13-20/h4-13,17-18,21-22,27H,14-16H2,1-3H3/b24-23+/t18-,21+,22+/m0/s1. The molecule has 4 nitrogen and oxygen atoms in total. The highest BCUT2D eigenvalue weighted by atomic mass is 16.5. The minimum Gasteiger partial charge on any atom is -0.506 e. The van der Waals surface area contributed by atoms with Crippen molar-refractivity contribution in [2.45, 2.75) is 46.1 Å². The van der Waals surface area contributed by atoms with Crippen LogP contribution in [-0.2, 0) is 9.53 Å². The molecule has 0 heterocycles. The van der Waals surface area contributed by atoms with Crippen LogP contribution in [0.15, 0.2) is 66.2 Å². The number of hydrogen-bond donors (Lipinski definition) is 1. The molecule has 0 aliphatic heterocycles. The molecule has 0 unspecified atom stereocenters. The molecule has 0 spiro atoms. The van der Waals surface area contributed by atoms with E-state index in [1.807, 2.05) is 6.07 Å². The lowest BCUT2D eigenvalue weighted by molar-refractivity contribution is -0.150. The number of carbonyl (C=O) groups is 2. The van der Waals surface area contributed by atoms with Gasteiger partial charge in [0.15, 0.2) is 0 Å². The van der Waals surface area contributed by atoms with Gasteiger partial charge >= 0.3 is 5.97 Å². The highest BCUT2D eigenvalue weighted by molar-refractivity contribution is 6.27. The van der Waals surface area contributed by atoms with E-state index in [1.165, 1.54) is 0 Å². The SMILES string of the molecule is CC(C)[C@H]1CC[C@H](C)C[C@H]1OC(=O)/C(C(=O)c1ccccc1)=C(/O)c1ccccc1. The number of rotatable bonds is 6. The second kappa shape index (κ2) is 9.75. The van der Waals surface area contributed by atoms with Gasteiger partial charge in [0.25, 0.3) is 0 Å². The molecule has 1 fully saturated rings. The summed E-state index contributed by atoms with van der Waals surface area (Å²) in [6.45, 7) is 6.42. The van der Waals surface area contributed by atoms with Crippen molar-refractivity contribution in [3.05, 3.63) is 77.4 Å². The van der Waals surface area contributed by atoms with Gasteiger partial charge in [-0.2, -0.15) is 0 Å². The summed E-state index contributed by atoms with van der Waals surface area (Å²) < 4.78 is 5.91. The van der Waals surface area contributed by atoms with Gasteiger partial charge in [0.1, 0.15) is 17.4 Å². The van der Waals surface area contributed by atoms with Gasteiger partial charge in [-0.3, -0.25) is 4.79 Å². The summed E-state index contributed by atoms with van der Waals surface area (Å²) in [7, 11) is 0. The van der Waals surface area contributed by atoms with Crippen molar-refractivity contribution in [3.8, 4) is 0 Å². The summed E-state index contributed by atoms with van der Waals surface area (Å²) in [6, 6.07) is 17.2. The van der Waals surface area contributed by atoms with Crippen LogP contribution in [0.5, 0.6) is 0 Å². The topological polar surface area (TPSA) is 63.6 Å². The monoisotopic (exact) mass is 406 g/mol. The van der Waals surface area contributed by atoms with Crippen LogP contribution in [-0.4, -0.2) is 23.0 Å². The second-order valence-corrected chi connectivity index (χ2v) is 8.55. The predicted octanol–water partition coefficient (Wildman–Crippen LogP) is 5.84. The molecule has 3 atom stereocenters. The van der Waals surface area contributed by atoms with Gasteiger partial charge in [-0.05, 0) is 30.6 Å². The number of carbonyl (C=O) groups excluding carboxylic acids is 2. The van der Waals surface area contributed by atoms with E-state index in [-0.39, 0.29) is 23.4 Å². The van der Waals surface area contributed by atoms with Gasteiger partial charge in [0.05, 0.1) is 0 Å². The van der Waals surface area contributed by atoms with Gasteiger partial charge in [0, 0.05) is 11.1 Å². The lowest BCUT2D eigenvalue weighted by Crippen LogP contribution is -2.37. The summed E-state index contributed by atoms with van der Waals surface area (Å²) in [5.41, 5.74) is 0.434. The van der Waals surface area contributed by atoms with E-state index in [0.717, 1.165) is 19.3 Å². The molecule has 1 N–H and O–H groups in total. The van der Waals surface area contributed by atoms with E-state index < -0.39 is 11.8 Å². The number of ether oxygens (including phenoxy) is 1. The van der Waals surface area contributed by atoms with Crippen LogP contribution in [0.25, 0.3) is 5.76 Å². The average Bonchev–Trinajstić information content (AvgIpc) is 2.74. The maximum absolute atomic E-state index is 13.3. The third-order valence-electron chi connectivity index (χ3n) is 5.97. The Labute approximate surface area is 178 Å². The van der Waals surface area contributed by atoms with Crippen LogP contribution in [0, 0.1) is 17.8 Å². The van der Waals surface area contributed by atoms with Gasteiger partial charge < -0.3 is 9.84 Å². The van der Waals surface area contributed by atoms with Crippen LogP contribution in [0.4, 0.5) is 0 Å². The molecule has 4 heteroatoms. The van der Waals surface area contributed by atoms with Crippen molar-refractivity contribution in [2.75, 3.05) is 0 Å². The number of ketones is 1. The number of benzene rings is 2. The van der Waals surface area contributed by atoms with Gasteiger partial charge in [-0.15, -0.1) is 0 Å². The lowest BCUT2D eigenvalue weighted by atomic mass is 9.75. The molecule has 2 aromatic carbocycles. The number of Topliss-reactive ketones (excluding diaryl/α,β-unsaturated/α-hetero) is 1. The smallest absolute Gasteiger partial charge is 0.346 e. The molecule has 30 heavy (non-hydrogen) atoms. The quantitative estimate of drug-likeness (QED) is 0.163. The molecule has 0 amide bonds. The Balaban J connectivity index is 1.97. The Morgan fingerprint density at radius 2 is 1.50 bits per heavy atom. The minimum atomic E-state index is -0.755. The molecule has 0 saturated heterocycles. The van der Waals surface area contributed by atoms with Crippen LogP contribution >= 0.6 is 0 Å². The summed E-state index contributed by atoms with van der Waals surface area (Å²) >= 11 is 0. The predicted molar refractivity (Wildman–Crippen MR) is 118 cm³/mol. The first-order chi connectivity index (χ1) is 14.4. The molecule has 158 valence electrons. The third kappa shape index (κ3) is 4.99. The molecular weight excluding hydrogens is 376 g/mol. The van der Waals surface area contributed by atoms with E-state index in [0.29, 0.717) is 23.0 Å². The number of aliphatic hydroxyl groups excluding tert-OH is 1. The van der Waals surface area contributed by atoms with Crippen molar-refractivity contribution in [1.29, 1.82) is 0 Å². The summed E-state index contributed by atoms with van der Waals surface area (Å²) in [5.74, 6) is -0.564. The van der Waals surface area contributed by atoms with Gasteiger partial charge in [0.2, 0.25) is 5.78 Å². The lowest BCUT2D eigenvalue weighted by Gasteiger charge is -2.36. The maximum Gasteiger partial charge on any atom is 0.346 e. The second-order valence-electron chi connectivity index (χ2n) is 8.55. The Kier molecular flexibility index (Phi) is 7.09. The van der Waals surface area contributed by atoms with Gasteiger partial charge in [-0.25, -0.2) is 4.79 Å². The van der Waals surface area contributed by atoms with E-state index >= 15 is 0 Å². The Morgan fingerprint density at radius 1 is 0.933 bits per heavy atom. The van der Waals surface area contributed by atoms with E-state index in [9.17, 15) is 14.7 Å². The number of aliphatic hydroxyl groups is 1. The number of esters is 1. The fraction of sp³-hybridized carbons (Fsp3) is 0.385. The Bertz CT molecular complexity index is 899. The first-order valence-electron chi connectivity index (χ1n) is 10.7. The van der Waals surface area contributed by atoms with E-state index in [2.05, 4.69) is 20.8 Å². The first kappa shape index (κ1) is 21.8. The van der Waals surface area contributed by atoms with E-state index in [4.69, 9.17) is 4.74 Å². The van der Waals surface area contributed by atoms with Gasteiger partial charge in [-0.1, -0.05) is 87.9 Å². The third-order valence-corrected chi connectivity index (χ3v) is 5.97. The first-order valence-corrected chi connectivity index (χ1v) is 10.7. The summed E-state index contributed by atoms with van der Waals surface area (Å²) in [4.78, 5) is 26.5. The van der Waals surface area contributed by atoms with Crippen molar-refractivity contribution in [1.82, 2.24) is 0 Å². The molecule has 1 aliphatic rings. The van der Waals surface area contributed by atoms with Crippen molar-refractivity contribution >= 4 is 17.5 Å². The fourth-order valence-electron chi connectivity index (χ4n) is 4.22. The fourth-order valence-corrected chi connectivity index (χ4v) is 4.22. The molecular formula is C26H30O4. The molecule has 0 radical (unpaired) electrons. The minimum absolute atomic E-state index is 0.247. The Hall–Kier alpha value is -2.88. The van der Waals surface area contributed by atoms with Crippen molar-refractivity contribution < 1.29 is 19.4 Å². The Morgan fingerprint density at radius 3 is 2.07 bits per heavy atom. The van der Waals surface area contributed by atoms with Crippen molar-refractivity contribution in [3.63, 3.8) is 0 Å². The molecule has 0 bridgehead atoms. The largest absolute Gasteiger partial charge is 0.506 e. The highest BCUT2D eigenvalue weighted by Gasteiger charge is 2.36. The zero-order valence-electron chi connectivity index (χ0n) is 17.9. The maximum atomic E-state index is 13.3. The molecule has 1 saturated carbocycles. The van der Waals surface area contributed by atoms with Crippen LogP contribution < -0.4 is 0 Å². The molecule has 3 rings (SSSR count). The van der Waals surface area contributed by atoms with Crippen LogP contribution in [0.3, 0.4) is 0 Å². The molecule has 1 aliphatic carbocycles. The van der Waals surface area contributed by atoms with Crippen LogP contribution in [0.2, 0.25) is 0 Å².